The summed E-state index contributed by atoms with van der Waals surface area (Å²) >= 11 is 5.08. The van der Waals surface area contributed by atoms with Gasteiger partial charge in [-0.15, -0.1) is 0 Å². The predicted molar refractivity (Wildman–Crippen MR) is 87.6 cm³/mol. The van der Waals surface area contributed by atoms with Crippen LogP contribution in [0, 0.1) is 6.92 Å². The van der Waals surface area contributed by atoms with Crippen LogP contribution in [0.4, 0.5) is 0 Å². The Morgan fingerprint density at radius 2 is 2.05 bits per heavy atom. The van der Waals surface area contributed by atoms with Crippen LogP contribution in [-0.4, -0.2) is 32.1 Å². The van der Waals surface area contributed by atoms with Gasteiger partial charge in [-0.1, -0.05) is 15.9 Å². The Balaban J connectivity index is 2.84. The van der Waals surface area contributed by atoms with Crippen LogP contribution in [0.3, 0.4) is 0 Å². The lowest BCUT2D eigenvalue weighted by molar-refractivity contribution is 0.281. The van der Waals surface area contributed by atoms with Crippen molar-refractivity contribution in [2.24, 2.45) is 0 Å². The first-order valence-electron chi connectivity index (χ1n) is 6.31. The maximum Gasteiger partial charge on any atom is 0.240 e. The minimum Gasteiger partial charge on any atom is -0.392 e. The van der Waals surface area contributed by atoms with Gasteiger partial charge in [0.2, 0.25) is 10.0 Å². The highest BCUT2D eigenvalue weighted by atomic mass is 79.9. The second-order valence-corrected chi connectivity index (χ2v) is 8.03. The molecule has 0 spiro atoms. The van der Waals surface area contributed by atoms with Gasteiger partial charge in [0.25, 0.3) is 0 Å². The molecule has 0 amide bonds. The first-order valence-corrected chi connectivity index (χ1v) is 9.98. The average Bonchev–Trinajstić information content (AvgIpc) is 2.41. The van der Waals surface area contributed by atoms with Crippen LogP contribution in [0.15, 0.2) is 21.5 Å². The van der Waals surface area contributed by atoms with Gasteiger partial charge in [-0.2, -0.15) is 11.8 Å². The molecule has 1 aromatic carbocycles. The molecule has 4 nitrogen and oxygen atoms in total. The molecule has 0 unspecified atom stereocenters. The Bertz CT molecular complexity index is 547. The highest BCUT2D eigenvalue weighted by Gasteiger charge is 2.18. The second-order valence-electron chi connectivity index (χ2n) is 4.46. The molecule has 0 bridgehead atoms. The number of hydrogen-bond donors (Lipinski definition) is 2. The maximum absolute atomic E-state index is 12.3. The van der Waals surface area contributed by atoms with E-state index in [1.165, 1.54) is 6.07 Å². The number of sulfonamides is 1. The van der Waals surface area contributed by atoms with Gasteiger partial charge < -0.3 is 5.11 Å². The molecule has 0 radical (unpaired) electrons. The first-order chi connectivity index (χ1) is 9.42. The zero-order chi connectivity index (χ0) is 15.2. The monoisotopic (exact) mass is 381 g/mol. The fourth-order valence-electron chi connectivity index (χ4n) is 1.73. The topological polar surface area (TPSA) is 66.4 Å². The summed E-state index contributed by atoms with van der Waals surface area (Å²) in [5.74, 6) is 1.03. The lowest BCUT2D eigenvalue weighted by Crippen LogP contribution is -2.25. The fraction of sp³-hybridized carbons (Fsp3) is 0.538. The number of benzene rings is 1. The molecule has 2 N–H and O–H groups in total. The van der Waals surface area contributed by atoms with E-state index in [1.807, 2.05) is 6.26 Å². The molecule has 20 heavy (non-hydrogen) atoms. The number of unbranched alkanes of at least 4 members (excludes halogenated alkanes) is 1. The lowest BCUT2D eigenvalue weighted by atomic mass is 10.2. The molecule has 0 aliphatic rings. The Hall–Kier alpha value is -0.0800. The molecule has 1 aromatic rings. The largest absolute Gasteiger partial charge is 0.392 e. The molecular weight excluding hydrogens is 362 g/mol. The molecule has 0 fully saturated rings. The van der Waals surface area contributed by atoms with Gasteiger partial charge in [-0.05, 0) is 55.0 Å². The van der Waals surface area contributed by atoms with Gasteiger partial charge in [-0.3, -0.25) is 0 Å². The summed E-state index contributed by atoms with van der Waals surface area (Å²) in [5, 5.41) is 9.18. The van der Waals surface area contributed by atoms with E-state index < -0.39 is 10.0 Å². The van der Waals surface area contributed by atoms with Crippen LogP contribution in [0.2, 0.25) is 0 Å². The number of rotatable bonds is 8. The van der Waals surface area contributed by atoms with E-state index in [-0.39, 0.29) is 11.5 Å². The molecule has 114 valence electrons. The van der Waals surface area contributed by atoms with Crippen LogP contribution < -0.4 is 4.72 Å². The number of nitrogens with one attached hydrogen (secondary N) is 1. The number of halogens is 1. The van der Waals surface area contributed by atoms with Gasteiger partial charge in [0.1, 0.15) is 0 Å². The van der Waals surface area contributed by atoms with E-state index in [9.17, 15) is 13.5 Å². The van der Waals surface area contributed by atoms with Gasteiger partial charge in [-0.25, -0.2) is 13.1 Å². The van der Waals surface area contributed by atoms with Crippen LogP contribution in [0.25, 0.3) is 0 Å². The highest BCUT2D eigenvalue weighted by Crippen LogP contribution is 2.25. The van der Waals surface area contributed by atoms with E-state index in [0.717, 1.165) is 18.6 Å². The quantitative estimate of drug-likeness (QED) is 0.679. The Labute approximate surface area is 133 Å². The van der Waals surface area contributed by atoms with Gasteiger partial charge in [0, 0.05) is 11.0 Å². The van der Waals surface area contributed by atoms with E-state index in [4.69, 9.17) is 0 Å². The number of aliphatic hydroxyl groups excluding tert-OH is 1. The second kappa shape index (κ2) is 8.38. The molecule has 0 aliphatic heterocycles. The van der Waals surface area contributed by atoms with E-state index in [0.29, 0.717) is 22.1 Å². The van der Waals surface area contributed by atoms with Gasteiger partial charge in [0.15, 0.2) is 0 Å². The summed E-state index contributed by atoms with van der Waals surface area (Å²) in [6.45, 7) is 1.99. The SMILES string of the molecule is CSCCCCNS(=O)(=O)c1cc(CO)cc(Br)c1C. The lowest BCUT2D eigenvalue weighted by Gasteiger charge is -2.12. The van der Waals surface area contributed by atoms with Crippen molar-refractivity contribution < 1.29 is 13.5 Å². The molecule has 0 saturated heterocycles. The van der Waals surface area contributed by atoms with Crippen molar-refractivity contribution in [1.82, 2.24) is 4.72 Å². The molecule has 7 heteroatoms. The summed E-state index contributed by atoms with van der Waals surface area (Å²) in [7, 11) is -3.53. The van der Waals surface area contributed by atoms with E-state index >= 15 is 0 Å². The molecule has 1 rings (SSSR count). The predicted octanol–water partition coefficient (Wildman–Crippen LogP) is 2.67. The first kappa shape index (κ1) is 18.0. The number of aliphatic hydroxyl groups is 1. The van der Waals surface area contributed by atoms with Crippen molar-refractivity contribution in [1.29, 1.82) is 0 Å². The Morgan fingerprint density at radius 3 is 2.65 bits per heavy atom. The van der Waals surface area contributed by atoms with Crippen molar-refractivity contribution in [3.63, 3.8) is 0 Å². The van der Waals surface area contributed by atoms with Crippen molar-refractivity contribution in [2.75, 3.05) is 18.6 Å². The minimum atomic E-state index is -3.53. The van der Waals surface area contributed by atoms with Gasteiger partial charge >= 0.3 is 0 Å². The average molecular weight is 382 g/mol. The molecule has 0 aliphatic carbocycles. The van der Waals surface area contributed by atoms with Crippen molar-refractivity contribution in [3.8, 4) is 0 Å². The minimum absolute atomic E-state index is 0.185. The van der Waals surface area contributed by atoms with Gasteiger partial charge in [0.05, 0.1) is 11.5 Å². The van der Waals surface area contributed by atoms with Crippen LogP contribution in [0.5, 0.6) is 0 Å². The third-order valence-electron chi connectivity index (χ3n) is 2.90. The standard InChI is InChI=1S/C13H20BrNO3S2/c1-10-12(14)7-11(9-16)8-13(10)20(17,18)15-5-3-4-6-19-2/h7-8,15-16H,3-6,9H2,1-2H3. The maximum atomic E-state index is 12.3. The zero-order valence-electron chi connectivity index (χ0n) is 11.6. The fourth-order valence-corrected chi connectivity index (χ4v) is 4.25. The van der Waals surface area contributed by atoms with Crippen LogP contribution in [-0.2, 0) is 16.6 Å². The zero-order valence-corrected chi connectivity index (χ0v) is 14.9. The van der Waals surface area contributed by atoms with E-state index in [2.05, 4.69) is 20.7 Å². The van der Waals surface area contributed by atoms with E-state index in [1.54, 1.807) is 24.8 Å². The molecule has 0 aromatic heterocycles. The van der Waals surface area contributed by atoms with Crippen LogP contribution >= 0.6 is 27.7 Å². The summed E-state index contributed by atoms with van der Waals surface area (Å²) < 4.78 is 27.9. The summed E-state index contributed by atoms with van der Waals surface area (Å²) in [6, 6.07) is 3.25. The van der Waals surface area contributed by atoms with Crippen molar-refractivity contribution >= 4 is 37.7 Å². The summed E-state index contributed by atoms with van der Waals surface area (Å²) in [6.07, 6.45) is 3.84. The smallest absolute Gasteiger partial charge is 0.240 e. The summed E-state index contributed by atoms with van der Waals surface area (Å²) in [4.78, 5) is 0.223. The third-order valence-corrected chi connectivity index (χ3v) is 6.00. The summed E-state index contributed by atoms with van der Waals surface area (Å²) in [5.41, 5.74) is 1.23. The molecular formula is C13H20BrNO3S2. The molecule has 0 atom stereocenters. The highest BCUT2D eigenvalue weighted by molar-refractivity contribution is 9.10. The normalized spacial score (nSPS) is 11.8. The number of hydrogen-bond acceptors (Lipinski definition) is 4. The molecule has 0 saturated carbocycles. The van der Waals surface area contributed by atoms with Crippen LogP contribution in [0.1, 0.15) is 24.0 Å². The number of thioether (sulfide) groups is 1. The Kier molecular flexibility index (Phi) is 7.53. The Morgan fingerprint density at radius 1 is 1.35 bits per heavy atom. The third kappa shape index (κ3) is 5.04. The molecule has 0 heterocycles. The van der Waals surface area contributed by atoms with Crippen molar-refractivity contribution in [2.45, 2.75) is 31.3 Å². The van der Waals surface area contributed by atoms with Crippen molar-refractivity contribution in [3.05, 3.63) is 27.7 Å².